The first-order valence-corrected chi connectivity index (χ1v) is 4.44. The molecule has 1 fully saturated rings. The minimum Gasteiger partial charge on any atom is -0.458 e. The van der Waals surface area contributed by atoms with Crippen LogP contribution in [0.3, 0.4) is 0 Å². The molecular weight excluding hydrogens is 188 g/mol. The summed E-state index contributed by atoms with van der Waals surface area (Å²) in [7, 11) is 0. The average Bonchev–Trinajstić information content (AvgIpc) is 2.16. The Balaban J connectivity index is 2.81. The average molecular weight is 200 g/mol. The van der Waals surface area contributed by atoms with E-state index in [2.05, 4.69) is 10.4 Å². The summed E-state index contributed by atoms with van der Waals surface area (Å²) < 4.78 is 4.89. The monoisotopic (exact) mass is 200 g/mol. The fourth-order valence-electron chi connectivity index (χ4n) is 1.56. The number of cyclic esters (lactones) is 1. The largest absolute Gasteiger partial charge is 0.458 e. The van der Waals surface area contributed by atoms with Gasteiger partial charge >= 0.3 is 5.97 Å². The molecule has 6 nitrogen and oxygen atoms in total. The van der Waals surface area contributed by atoms with Crippen LogP contribution in [0.5, 0.6) is 0 Å². The highest BCUT2D eigenvalue weighted by Crippen LogP contribution is 2.29. The van der Waals surface area contributed by atoms with Gasteiger partial charge in [0, 0.05) is 0 Å². The Morgan fingerprint density at radius 3 is 2.50 bits per heavy atom. The quantitative estimate of drug-likeness (QED) is 0.504. The number of carbonyl (C=O) groups excluding carboxylic acids is 1. The van der Waals surface area contributed by atoms with Gasteiger partial charge in [-0.15, -0.1) is 0 Å². The van der Waals surface area contributed by atoms with Crippen LogP contribution in [0.25, 0.3) is 0 Å². The van der Waals surface area contributed by atoms with Crippen LogP contribution < -0.4 is 0 Å². The molecule has 14 heavy (non-hydrogen) atoms. The standard InChI is InChI=1S/C8H12N2O4/c1-4-5(2)8(11)14-6(3-9-12)7(4)10-13/h4-7H,3H2,1-2H3/t4-,5-,6-,7+/m1/s1. The zero-order chi connectivity index (χ0) is 10.7. The smallest absolute Gasteiger partial charge is 0.309 e. The Hall–Kier alpha value is -1.33. The molecule has 1 saturated heterocycles. The number of rotatable bonds is 3. The molecule has 0 amide bonds. The van der Waals surface area contributed by atoms with Crippen molar-refractivity contribution in [3.63, 3.8) is 0 Å². The van der Waals surface area contributed by atoms with E-state index in [-0.39, 0.29) is 18.4 Å². The maximum atomic E-state index is 11.2. The van der Waals surface area contributed by atoms with Crippen molar-refractivity contribution in [2.75, 3.05) is 6.54 Å². The van der Waals surface area contributed by atoms with Crippen molar-refractivity contribution >= 4 is 5.97 Å². The molecule has 0 aromatic rings. The van der Waals surface area contributed by atoms with E-state index in [1.807, 2.05) is 0 Å². The Morgan fingerprint density at radius 1 is 1.36 bits per heavy atom. The number of carbonyl (C=O) groups is 1. The van der Waals surface area contributed by atoms with E-state index in [4.69, 9.17) is 4.74 Å². The summed E-state index contributed by atoms with van der Waals surface area (Å²) in [6.07, 6.45) is -0.788. The van der Waals surface area contributed by atoms with Crippen LogP contribution >= 0.6 is 0 Å². The molecule has 0 bridgehead atoms. The van der Waals surface area contributed by atoms with E-state index in [1.165, 1.54) is 0 Å². The Morgan fingerprint density at radius 2 is 2.00 bits per heavy atom. The van der Waals surface area contributed by atoms with Crippen LogP contribution in [0.15, 0.2) is 10.4 Å². The van der Waals surface area contributed by atoms with E-state index in [0.717, 1.165) is 0 Å². The molecule has 0 unspecified atom stereocenters. The molecule has 0 aromatic carbocycles. The lowest BCUT2D eigenvalue weighted by molar-refractivity contribution is -0.164. The molecule has 0 aliphatic carbocycles. The van der Waals surface area contributed by atoms with Crippen LogP contribution in [-0.2, 0) is 9.53 Å². The summed E-state index contributed by atoms with van der Waals surface area (Å²) in [6, 6.07) is -0.666. The number of hydrogen-bond acceptors (Lipinski definition) is 6. The SMILES string of the molecule is C[C@H]1[C@H](N=O)[C@@H](CN=O)OC(=O)[C@@H]1C. The van der Waals surface area contributed by atoms with Gasteiger partial charge in [-0.3, -0.25) is 4.79 Å². The van der Waals surface area contributed by atoms with Crippen molar-refractivity contribution in [1.29, 1.82) is 0 Å². The molecule has 0 saturated carbocycles. The molecule has 0 radical (unpaired) electrons. The summed E-state index contributed by atoms with van der Waals surface area (Å²) >= 11 is 0. The summed E-state index contributed by atoms with van der Waals surface area (Å²) in [4.78, 5) is 31.8. The van der Waals surface area contributed by atoms with E-state index in [9.17, 15) is 14.6 Å². The number of esters is 1. The van der Waals surface area contributed by atoms with Gasteiger partial charge in [0.1, 0.15) is 12.6 Å². The van der Waals surface area contributed by atoms with Crippen LogP contribution in [0, 0.1) is 21.6 Å². The molecule has 78 valence electrons. The highest BCUT2D eigenvalue weighted by Gasteiger charge is 2.42. The highest BCUT2D eigenvalue weighted by molar-refractivity contribution is 5.73. The molecule has 1 heterocycles. The molecule has 6 heteroatoms. The van der Waals surface area contributed by atoms with Crippen molar-refractivity contribution < 1.29 is 9.53 Å². The molecule has 4 atom stereocenters. The number of hydrogen-bond donors (Lipinski definition) is 0. The van der Waals surface area contributed by atoms with E-state index in [1.54, 1.807) is 13.8 Å². The van der Waals surface area contributed by atoms with Gasteiger partial charge in [0.15, 0.2) is 6.10 Å². The summed E-state index contributed by atoms with van der Waals surface area (Å²) in [6.45, 7) is 3.21. The van der Waals surface area contributed by atoms with Gasteiger partial charge in [0.05, 0.1) is 5.92 Å². The maximum Gasteiger partial charge on any atom is 0.309 e. The van der Waals surface area contributed by atoms with Gasteiger partial charge < -0.3 is 4.74 Å². The topological polar surface area (TPSA) is 85.2 Å². The lowest BCUT2D eigenvalue weighted by atomic mass is 9.84. The minimum absolute atomic E-state index is 0.208. The second kappa shape index (κ2) is 4.26. The first kappa shape index (κ1) is 10.7. The third-order valence-corrected chi connectivity index (χ3v) is 2.72. The third kappa shape index (κ3) is 1.78. The van der Waals surface area contributed by atoms with Crippen molar-refractivity contribution in [3.8, 4) is 0 Å². The summed E-state index contributed by atoms with van der Waals surface area (Å²) in [5.74, 6) is -0.966. The predicted molar refractivity (Wildman–Crippen MR) is 48.5 cm³/mol. The van der Waals surface area contributed by atoms with Crippen molar-refractivity contribution in [2.24, 2.45) is 22.2 Å². The number of ether oxygens (including phenoxy) is 1. The lowest BCUT2D eigenvalue weighted by Gasteiger charge is -2.33. The Bertz CT molecular complexity index is 256. The predicted octanol–water partition coefficient (Wildman–Crippen LogP) is 1.09. The summed E-state index contributed by atoms with van der Waals surface area (Å²) in [5.41, 5.74) is 0. The molecule has 1 aliphatic heterocycles. The first-order chi connectivity index (χ1) is 6.61. The van der Waals surface area contributed by atoms with Gasteiger partial charge in [-0.25, -0.2) is 0 Å². The van der Waals surface area contributed by atoms with Crippen LogP contribution in [0.1, 0.15) is 13.8 Å². The van der Waals surface area contributed by atoms with Crippen molar-refractivity contribution in [3.05, 3.63) is 9.81 Å². The number of nitrogens with zero attached hydrogens (tertiary/aromatic N) is 2. The van der Waals surface area contributed by atoms with Crippen molar-refractivity contribution in [1.82, 2.24) is 0 Å². The zero-order valence-corrected chi connectivity index (χ0v) is 8.04. The Labute approximate surface area is 81.0 Å². The van der Waals surface area contributed by atoms with E-state index in [0.29, 0.717) is 0 Å². The Kier molecular flexibility index (Phi) is 3.27. The van der Waals surface area contributed by atoms with Gasteiger partial charge in [-0.05, 0) is 5.92 Å². The maximum absolute atomic E-state index is 11.2. The highest BCUT2D eigenvalue weighted by atomic mass is 16.5. The summed E-state index contributed by atoms with van der Waals surface area (Å²) in [5, 5.41) is 5.51. The van der Waals surface area contributed by atoms with E-state index < -0.39 is 18.1 Å². The van der Waals surface area contributed by atoms with Crippen LogP contribution in [0.4, 0.5) is 0 Å². The zero-order valence-electron chi connectivity index (χ0n) is 8.04. The molecule has 0 spiro atoms. The second-order valence-corrected chi connectivity index (χ2v) is 3.53. The van der Waals surface area contributed by atoms with Gasteiger partial charge in [0.2, 0.25) is 0 Å². The third-order valence-electron chi connectivity index (χ3n) is 2.72. The molecule has 0 N–H and O–H groups in total. The second-order valence-electron chi connectivity index (χ2n) is 3.53. The normalized spacial score (nSPS) is 37.4. The van der Waals surface area contributed by atoms with Crippen molar-refractivity contribution in [2.45, 2.75) is 26.0 Å². The van der Waals surface area contributed by atoms with Crippen LogP contribution in [0.2, 0.25) is 0 Å². The fourth-order valence-corrected chi connectivity index (χ4v) is 1.56. The lowest BCUT2D eigenvalue weighted by Crippen LogP contribution is -2.47. The number of nitroso groups, excluding NO2 is 2. The molecule has 0 aromatic heterocycles. The fraction of sp³-hybridized carbons (Fsp3) is 0.875. The van der Waals surface area contributed by atoms with Crippen LogP contribution in [-0.4, -0.2) is 24.7 Å². The van der Waals surface area contributed by atoms with Gasteiger partial charge in [-0.1, -0.05) is 24.2 Å². The molecular formula is C8H12N2O4. The van der Waals surface area contributed by atoms with Gasteiger partial charge in [-0.2, -0.15) is 9.81 Å². The first-order valence-electron chi connectivity index (χ1n) is 4.44. The molecule has 1 aliphatic rings. The minimum atomic E-state index is -0.788. The molecule has 1 rings (SSSR count). The van der Waals surface area contributed by atoms with Gasteiger partial charge in [0.25, 0.3) is 0 Å². The van der Waals surface area contributed by atoms with E-state index >= 15 is 0 Å².